The predicted molar refractivity (Wildman–Crippen MR) is 115 cm³/mol. The number of primary sulfonamides is 1. The van der Waals surface area contributed by atoms with Gasteiger partial charge < -0.3 is 9.64 Å². The van der Waals surface area contributed by atoms with Gasteiger partial charge in [0.15, 0.2) is 0 Å². The molecule has 2 aromatic carbocycles. The SMILES string of the molecule is NS(=O)(=O)c1ccc(N2C(=O)CC(N(CC3CCCO3)C(=O)c3ccccc3F)C2=O)cc1. The predicted octanol–water partition coefficient (Wildman–Crippen LogP) is 1.43. The molecule has 9 nitrogen and oxygen atoms in total. The number of carbonyl (C=O) groups excluding carboxylic acids is 3. The Kier molecular flexibility index (Phi) is 6.28. The fourth-order valence-electron chi connectivity index (χ4n) is 4.06. The number of halogens is 1. The molecule has 2 heterocycles. The van der Waals surface area contributed by atoms with Crippen molar-refractivity contribution >= 4 is 33.4 Å². The third-order valence-corrected chi connectivity index (χ3v) is 6.64. The molecule has 0 radical (unpaired) electrons. The number of nitrogens with zero attached hydrogens (tertiary/aromatic N) is 2. The summed E-state index contributed by atoms with van der Waals surface area (Å²) < 4.78 is 42.9. The first-order valence-corrected chi connectivity index (χ1v) is 11.9. The van der Waals surface area contributed by atoms with Crippen LogP contribution in [0.4, 0.5) is 10.1 Å². The molecule has 2 aliphatic heterocycles. The topological polar surface area (TPSA) is 127 Å². The second-order valence-corrected chi connectivity index (χ2v) is 9.46. The number of imide groups is 1. The highest BCUT2D eigenvalue weighted by Gasteiger charge is 2.45. The van der Waals surface area contributed by atoms with Crippen LogP contribution in [0.2, 0.25) is 0 Å². The standard InChI is InChI=1S/C22H22FN3O6S/c23-18-6-2-1-5-17(18)21(28)25(13-15-4-3-11-32-15)19-12-20(27)26(22(19)29)14-7-9-16(10-8-14)33(24,30)31/h1-2,5-10,15,19H,3-4,11-13H2,(H2,24,30,31). The van der Waals surface area contributed by atoms with Crippen molar-refractivity contribution in [2.45, 2.75) is 36.3 Å². The van der Waals surface area contributed by atoms with Gasteiger partial charge in [-0.15, -0.1) is 0 Å². The number of ether oxygens (including phenoxy) is 1. The van der Waals surface area contributed by atoms with Gasteiger partial charge in [0.1, 0.15) is 11.9 Å². The number of rotatable bonds is 6. The highest BCUT2D eigenvalue weighted by Crippen LogP contribution is 2.29. The zero-order valence-electron chi connectivity index (χ0n) is 17.5. The molecule has 2 N–H and O–H groups in total. The Bertz CT molecular complexity index is 1190. The van der Waals surface area contributed by atoms with Crippen LogP contribution in [0, 0.1) is 5.82 Å². The normalized spacial score (nSPS) is 21.0. The van der Waals surface area contributed by atoms with Gasteiger partial charge in [-0.05, 0) is 49.2 Å². The van der Waals surface area contributed by atoms with Crippen molar-refractivity contribution in [2.75, 3.05) is 18.1 Å². The van der Waals surface area contributed by atoms with Gasteiger partial charge in [0.25, 0.3) is 11.8 Å². The van der Waals surface area contributed by atoms with Gasteiger partial charge in [0, 0.05) is 13.2 Å². The van der Waals surface area contributed by atoms with E-state index >= 15 is 0 Å². The van der Waals surface area contributed by atoms with E-state index in [-0.39, 0.29) is 35.2 Å². The summed E-state index contributed by atoms with van der Waals surface area (Å²) in [6, 6.07) is 9.26. The van der Waals surface area contributed by atoms with E-state index < -0.39 is 39.6 Å². The van der Waals surface area contributed by atoms with Crippen LogP contribution in [0.25, 0.3) is 0 Å². The molecule has 3 amide bonds. The number of hydrogen-bond donors (Lipinski definition) is 1. The molecule has 2 saturated heterocycles. The summed E-state index contributed by atoms with van der Waals surface area (Å²) in [5.74, 6) is -2.66. The summed E-state index contributed by atoms with van der Waals surface area (Å²) in [6.45, 7) is 0.557. The van der Waals surface area contributed by atoms with Crippen molar-refractivity contribution in [3.8, 4) is 0 Å². The average molecular weight is 475 g/mol. The zero-order chi connectivity index (χ0) is 23.8. The Morgan fingerprint density at radius 2 is 1.85 bits per heavy atom. The molecule has 2 unspecified atom stereocenters. The Hall–Kier alpha value is -3.15. The Balaban J connectivity index is 1.64. The molecule has 0 saturated carbocycles. The van der Waals surface area contributed by atoms with Crippen molar-refractivity contribution in [3.05, 3.63) is 59.9 Å². The zero-order valence-corrected chi connectivity index (χ0v) is 18.3. The maximum Gasteiger partial charge on any atom is 0.257 e. The second kappa shape index (κ2) is 9.00. The third kappa shape index (κ3) is 4.65. The summed E-state index contributed by atoms with van der Waals surface area (Å²) in [4.78, 5) is 41.2. The lowest BCUT2D eigenvalue weighted by Crippen LogP contribution is -2.48. The van der Waals surface area contributed by atoms with Crippen LogP contribution in [-0.2, 0) is 24.3 Å². The van der Waals surface area contributed by atoms with E-state index in [1.165, 1.54) is 47.4 Å². The largest absolute Gasteiger partial charge is 0.376 e. The van der Waals surface area contributed by atoms with Crippen LogP contribution in [0.3, 0.4) is 0 Å². The molecule has 2 aromatic rings. The fourth-order valence-corrected chi connectivity index (χ4v) is 4.58. The minimum Gasteiger partial charge on any atom is -0.376 e. The van der Waals surface area contributed by atoms with Gasteiger partial charge in [0.2, 0.25) is 15.9 Å². The number of benzene rings is 2. The van der Waals surface area contributed by atoms with Crippen molar-refractivity contribution in [3.63, 3.8) is 0 Å². The van der Waals surface area contributed by atoms with E-state index in [0.29, 0.717) is 13.0 Å². The van der Waals surface area contributed by atoms with Gasteiger partial charge >= 0.3 is 0 Å². The first-order valence-electron chi connectivity index (χ1n) is 10.3. The molecule has 174 valence electrons. The van der Waals surface area contributed by atoms with Crippen molar-refractivity contribution in [1.82, 2.24) is 4.90 Å². The van der Waals surface area contributed by atoms with E-state index in [0.717, 1.165) is 17.4 Å². The van der Waals surface area contributed by atoms with Crippen LogP contribution in [0.15, 0.2) is 53.4 Å². The second-order valence-electron chi connectivity index (χ2n) is 7.90. The molecule has 11 heteroatoms. The van der Waals surface area contributed by atoms with E-state index in [1.54, 1.807) is 0 Å². The number of hydrogen-bond acceptors (Lipinski definition) is 6. The quantitative estimate of drug-likeness (QED) is 0.630. The Morgan fingerprint density at radius 1 is 1.15 bits per heavy atom. The molecule has 33 heavy (non-hydrogen) atoms. The Labute approximate surface area is 190 Å². The molecule has 2 fully saturated rings. The number of carbonyl (C=O) groups is 3. The number of amides is 3. The summed E-state index contributed by atoms with van der Waals surface area (Å²) in [6.07, 6.45) is 0.857. The van der Waals surface area contributed by atoms with E-state index in [2.05, 4.69) is 0 Å². The maximum absolute atomic E-state index is 14.4. The number of nitrogens with two attached hydrogens (primary N) is 1. The summed E-state index contributed by atoms with van der Waals surface area (Å²) in [7, 11) is -3.94. The van der Waals surface area contributed by atoms with Crippen molar-refractivity contribution in [1.29, 1.82) is 0 Å². The molecule has 0 spiro atoms. The van der Waals surface area contributed by atoms with Crippen molar-refractivity contribution < 1.29 is 31.9 Å². The molecule has 0 aromatic heterocycles. The van der Waals surface area contributed by atoms with Gasteiger partial charge in [0.05, 0.1) is 28.7 Å². The van der Waals surface area contributed by atoms with Crippen LogP contribution in [-0.4, -0.2) is 56.3 Å². The van der Waals surface area contributed by atoms with E-state index in [4.69, 9.17) is 9.88 Å². The molecule has 2 atom stereocenters. The number of sulfonamides is 1. The Morgan fingerprint density at radius 3 is 2.45 bits per heavy atom. The van der Waals surface area contributed by atoms with Gasteiger partial charge in [-0.3, -0.25) is 14.4 Å². The minimum atomic E-state index is -3.94. The van der Waals surface area contributed by atoms with Crippen LogP contribution >= 0.6 is 0 Å². The fraction of sp³-hybridized carbons (Fsp3) is 0.318. The lowest BCUT2D eigenvalue weighted by Gasteiger charge is -2.30. The molecule has 4 rings (SSSR count). The maximum atomic E-state index is 14.4. The van der Waals surface area contributed by atoms with Crippen LogP contribution < -0.4 is 10.0 Å². The summed E-state index contributed by atoms with van der Waals surface area (Å²) in [5.41, 5.74) is -0.0537. The lowest BCUT2D eigenvalue weighted by molar-refractivity contribution is -0.122. The molecule has 2 aliphatic rings. The smallest absolute Gasteiger partial charge is 0.257 e. The lowest BCUT2D eigenvalue weighted by atomic mass is 10.1. The van der Waals surface area contributed by atoms with Gasteiger partial charge in [-0.1, -0.05) is 12.1 Å². The molecular formula is C22H22FN3O6S. The first kappa shape index (κ1) is 23.0. The highest BCUT2D eigenvalue weighted by atomic mass is 32.2. The third-order valence-electron chi connectivity index (χ3n) is 5.71. The first-order chi connectivity index (χ1) is 15.7. The van der Waals surface area contributed by atoms with E-state index in [9.17, 15) is 27.2 Å². The molecule has 0 aliphatic carbocycles. The number of anilines is 1. The van der Waals surface area contributed by atoms with Crippen LogP contribution in [0.5, 0.6) is 0 Å². The average Bonchev–Trinajstić information content (AvgIpc) is 3.39. The monoisotopic (exact) mass is 475 g/mol. The van der Waals surface area contributed by atoms with Crippen molar-refractivity contribution in [2.24, 2.45) is 5.14 Å². The summed E-state index contributed by atoms with van der Waals surface area (Å²) >= 11 is 0. The van der Waals surface area contributed by atoms with Gasteiger partial charge in [-0.2, -0.15) is 0 Å². The van der Waals surface area contributed by atoms with E-state index in [1.807, 2.05) is 0 Å². The molecule has 0 bridgehead atoms. The van der Waals surface area contributed by atoms with Crippen LogP contribution in [0.1, 0.15) is 29.6 Å². The van der Waals surface area contributed by atoms with Gasteiger partial charge in [-0.25, -0.2) is 22.8 Å². The summed E-state index contributed by atoms with van der Waals surface area (Å²) in [5, 5.41) is 5.09. The minimum absolute atomic E-state index is 0.0368. The molecular weight excluding hydrogens is 453 g/mol. The highest BCUT2D eigenvalue weighted by molar-refractivity contribution is 7.89.